The molecule has 3 heterocycles. The second kappa shape index (κ2) is 6.08. The van der Waals surface area contributed by atoms with Gasteiger partial charge in [0, 0.05) is 30.4 Å². The highest BCUT2D eigenvalue weighted by Crippen LogP contribution is 2.37. The van der Waals surface area contributed by atoms with E-state index in [1.165, 1.54) is 0 Å². The van der Waals surface area contributed by atoms with Crippen LogP contribution in [0.4, 0.5) is 0 Å². The van der Waals surface area contributed by atoms with Gasteiger partial charge in [0.25, 0.3) is 0 Å². The Balaban J connectivity index is 1.89. The first-order chi connectivity index (χ1) is 10.8. The summed E-state index contributed by atoms with van der Waals surface area (Å²) in [5, 5.41) is 0. The summed E-state index contributed by atoms with van der Waals surface area (Å²) in [6, 6.07) is 2.13. The maximum absolute atomic E-state index is 6.14. The molecule has 3 rings (SSSR count). The fourth-order valence-corrected chi connectivity index (χ4v) is 3.07. The first-order valence-electron chi connectivity index (χ1n) is 8.31. The molecule has 0 aromatic carbocycles. The minimum Gasteiger partial charge on any atom is -0.481 e. The monoisotopic (exact) mass is 319 g/mol. The van der Waals surface area contributed by atoms with Crippen LogP contribution in [0.5, 0.6) is 5.88 Å². The predicted molar refractivity (Wildman–Crippen MR) is 89.3 cm³/mol. The van der Waals surface area contributed by atoms with Gasteiger partial charge >= 0.3 is 7.12 Å². The fraction of sp³-hybridized carbons (Fsp3) is 0.706. The van der Waals surface area contributed by atoms with Crippen LogP contribution in [0.2, 0.25) is 0 Å². The third kappa shape index (κ3) is 3.12. The summed E-state index contributed by atoms with van der Waals surface area (Å²) in [7, 11) is 1.27. The average Bonchev–Trinajstić information content (AvgIpc) is 2.75. The van der Waals surface area contributed by atoms with Crippen LogP contribution in [0.1, 0.15) is 52.0 Å². The van der Waals surface area contributed by atoms with Crippen molar-refractivity contribution in [2.24, 2.45) is 0 Å². The quantitative estimate of drug-likeness (QED) is 0.800. The molecule has 0 aliphatic carbocycles. The second-order valence-electron chi connectivity index (χ2n) is 7.34. The van der Waals surface area contributed by atoms with Crippen molar-refractivity contribution in [2.45, 2.75) is 57.7 Å². The number of nitrogens with zero attached hydrogens (tertiary/aromatic N) is 1. The second-order valence-corrected chi connectivity index (χ2v) is 7.34. The molecular weight excluding hydrogens is 293 g/mol. The average molecular weight is 319 g/mol. The van der Waals surface area contributed by atoms with Crippen LogP contribution < -0.4 is 10.2 Å². The fourth-order valence-electron chi connectivity index (χ4n) is 3.07. The van der Waals surface area contributed by atoms with Gasteiger partial charge in [0.05, 0.1) is 18.3 Å². The number of aromatic nitrogens is 1. The molecule has 2 aliphatic rings. The van der Waals surface area contributed by atoms with Crippen LogP contribution in [-0.4, -0.2) is 43.6 Å². The van der Waals surface area contributed by atoms with E-state index in [9.17, 15) is 0 Å². The lowest BCUT2D eigenvalue weighted by molar-refractivity contribution is 0.00578. The van der Waals surface area contributed by atoms with Crippen LogP contribution in [0.3, 0.4) is 0 Å². The van der Waals surface area contributed by atoms with Crippen molar-refractivity contribution in [3.63, 3.8) is 0 Å². The smallest absolute Gasteiger partial charge is 0.481 e. The highest BCUT2D eigenvalue weighted by molar-refractivity contribution is 6.62. The molecule has 0 spiro atoms. The zero-order valence-electron chi connectivity index (χ0n) is 14.7. The van der Waals surface area contributed by atoms with Crippen molar-refractivity contribution >= 4 is 12.6 Å². The van der Waals surface area contributed by atoms with Crippen LogP contribution in [0.15, 0.2) is 12.3 Å². The molecule has 2 saturated heterocycles. The summed E-state index contributed by atoms with van der Waals surface area (Å²) in [6.07, 6.45) is 3.78. The Morgan fingerprint density at radius 2 is 1.74 bits per heavy atom. The predicted octanol–water partition coefficient (Wildman–Crippen LogP) is 2.28. The van der Waals surface area contributed by atoms with Crippen molar-refractivity contribution in [2.75, 3.05) is 20.3 Å². The number of rotatable bonds is 3. The van der Waals surface area contributed by atoms with Gasteiger partial charge in [0.15, 0.2) is 0 Å². The first kappa shape index (κ1) is 16.7. The molecule has 6 heteroatoms. The molecule has 0 amide bonds. The van der Waals surface area contributed by atoms with Gasteiger partial charge in [-0.1, -0.05) is 6.07 Å². The van der Waals surface area contributed by atoms with Crippen LogP contribution in [-0.2, 0) is 14.0 Å². The standard InChI is InChI=1S/C17H26BNO4/c1-16(2)17(3,4)23-18(22-16)13-10-14(15(20-5)19-11-13)12-6-8-21-9-7-12/h10-12H,6-9H2,1-5H3. The Hall–Kier alpha value is -1.11. The molecular formula is C17H26BNO4. The molecule has 1 aromatic rings. The van der Waals surface area contributed by atoms with Gasteiger partial charge in [0.1, 0.15) is 0 Å². The van der Waals surface area contributed by atoms with E-state index in [1.807, 2.05) is 0 Å². The zero-order valence-corrected chi connectivity index (χ0v) is 14.7. The molecule has 1 aromatic heterocycles. The maximum atomic E-state index is 6.14. The molecule has 0 N–H and O–H groups in total. The molecule has 2 aliphatic heterocycles. The van der Waals surface area contributed by atoms with Gasteiger partial charge in [-0.05, 0) is 46.5 Å². The number of pyridine rings is 1. The topological polar surface area (TPSA) is 49.8 Å². The van der Waals surface area contributed by atoms with E-state index in [2.05, 4.69) is 38.7 Å². The molecule has 0 atom stereocenters. The van der Waals surface area contributed by atoms with Gasteiger partial charge in [0.2, 0.25) is 5.88 Å². The number of ether oxygens (including phenoxy) is 2. The summed E-state index contributed by atoms with van der Waals surface area (Å²) in [4.78, 5) is 4.49. The van der Waals surface area contributed by atoms with E-state index in [0.29, 0.717) is 11.8 Å². The third-order valence-electron chi connectivity index (χ3n) is 5.28. The first-order valence-corrected chi connectivity index (χ1v) is 8.31. The van der Waals surface area contributed by atoms with Gasteiger partial charge in [-0.2, -0.15) is 0 Å². The van der Waals surface area contributed by atoms with Crippen molar-refractivity contribution in [3.8, 4) is 5.88 Å². The minimum atomic E-state index is -0.392. The lowest BCUT2D eigenvalue weighted by Gasteiger charge is -2.32. The number of hydrogen-bond acceptors (Lipinski definition) is 5. The van der Waals surface area contributed by atoms with E-state index in [4.69, 9.17) is 18.8 Å². The van der Waals surface area contributed by atoms with Crippen molar-refractivity contribution in [1.82, 2.24) is 4.98 Å². The lowest BCUT2D eigenvalue weighted by Crippen LogP contribution is -2.41. The van der Waals surface area contributed by atoms with Crippen LogP contribution in [0.25, 0.3) is 0 Å². The Kier molecular flexibility index (Phi) is 4.42. The zero-order chi connectivity index (χ0) is 16.7. The Labute approximate surface area is 138 Å². The number of hydrogen-bond donors (Lipinski definition) is 0. The van der Waals surface area contributed by atoms with Gasteiger partial charge in [-0.3, -0.25) is 0 Å². The summed E-state index contributed by atoms with van der Waals surface area (Å²) in [5.74, 6) is 1.10. The lowest BCUT2D eigenvalue weighted by atomic mass is 9.78. The normalized spacial score (nSPS) is 24.0. The highest BCUT2D eigenvalue weighted by atomic mass is 16.7. The molecule has 0 saturated carbocycles. The van der Waals surface area contributed by atoms with Crippen LogP contribution >= 0.6 is 0 Å². The van der Waals surface area contributed by atoms with Crippen molar-refractivity contribution in [3.05, 3.63) is 17.8 Å². The summed E-state index contributed by atoms with van der Waals surface area (Å²) in [6.45, 7) is 9.81. The SMILES string of the molecule is COc1ncc(B2OC(C)(C)C(C)(C)O2)cc1C1CCOCC1. The van der Waals surface area contributed by atoms with Crippen molar-refractivity contribution in [1.29, 1.82) is 0 Å². The Morgan fingerprint density at radius 3 is 2.30 bits per heavy atom. The minimum absolute atomic E-state index is 0.351. The van der Waals surface area contributed by atoms with E-state index < -0.39 is 7.12 Å². The Bertz CT molecular complexity index is 554. The molecule has 23 heavy (non-hydrogen) atoms. The summed E-state index contributed by atoms with van der Waals surface area (Å²) < 4.78 is 23.2. The molecule has 0 radical (unpaired) electrons. The van der Waals surface area contributed by atoms with Crippen LogP contribution in [0, 0.1) is 0 Å². The van der Waals surface area contributed by atoms with Gasteiger partial charge in [-0.15, -0.1) is 0 Å². The maximum Gasteiger partial charge on any atom is 0.496 e. The summed E-state index contributed by atoms with van der Waals surface area (Å²) >= 11 is 0. The highest BCUT2D eigenvalue weighted by Gasteiger charge is 2.52. The molecule has 0 bridgehead atoms. The molecule has 0 unspecified atom stereocenters. The largest absolute Gasteiger partial charge is 0.496 e. The molecule has 2 fully saturated rings. The molecule has 5 nitrogen and oxygen atoms in total. The van der Waals surface area contributed by atoms with E-state index in [-0.39, 0.29) is 11.2 Å². The molecule has 126 valence electrons. The third-order valence-corrected chi connectivity index (χ3v) is 5.28. The van der Waals surface area contributed by atoms with Crippen molar-refractivity contribution < 1.29 is 18.8 Å². The van der Waals surface area contributed by atoms with Gasteiger partial charge in [-0.25, -0.2) is 4.98 Å². The van der Waals surface area contributed by atoms with E-state index in [1.54, 1.807) is 13.3 Å². The number of methoxy groups -OCH3 is 1. The van der Waals surface area contributed by atoms with Gasteiger partial charge < -0.3 is 18.8 Å². The van der Waals surface area contributed by atoms with E-state index >= 15 is 0 Å². The Morgan fingerprint density at radius 1 is 1.13 bits per heavy atom. The van der Waals surface area contributed by atoms with E-state index in [0.717, 1.165) is 37.1 Å². The summed E-state index contributed by atoms with van der Waals surface area (Å²) in [5.41, 5.74) is 1.38.